The van der Waals surface area contributed by atoms with Crippen LogP contribution in [0.2, 0.25) is 0 Å². The molecule has 0 radical (unpaired) electrons. The summed E-state index contributed by atoms with van der Waals surface area (Å²) in [6.07, 6.45) is -0.0222. The monoisotopic (exact) mass is 144 g/mol. The SMILES string of the molecule is CCC1(N)CN(C(=O)O)C1. The highest BCUT2D eigenvalue weighted by molar-refractivity contribution is 5.66. The Bertz CT molecular complexity index is 152. The number of carboxylic acid groups (broad SMARTS) is 1. The molecule has 58 valence electrons. The zero-order chi connectivity index (χ0) is 7.78. The Morgan fingerprint density at radius 3 is 2.60 bits per heavy atom. The van der Waals surface area contributed by atoms with Gasteiger partial charge in [-0.1, -0.05) is 6.92 Å². The number of carbonyl (C=O) groups is 1. The molecule has 1 rings (SSSR count). The number of amides is 1. The minimum atomic E-state index is -0.866. The van der Waals surface area contributed by atoms with Crippen LogP contribution in [0.25, 0.3) is 0 Å². The first-order chi connectivity index (χ1) is 4.57. The zero-order valence-corrected chi connectivity index (χ0v) is 6.00. The average Bonchev–Trinajstić information content (AvgIpc) is 1.80. The van der Waals surface area contributed by atoms with Crippen molar-refractivity contribution in [2.75, 3.05) is 13.1 Å². The predicted molar refractivity (Wildman–Crippen MR) is 36.8 cm³/mol. The molecule has 1 heterocycles. The van der Waals surface area contributed by atoms with Crippen LogP contribution in [0.5, 0.6) is 0 Å². The van der Waals surface area contributed by atoms with Crippen LogP contribution in [-0.4, -0.2) is 34.7 Å². The molecule has 1 aliphatic heterocycles. The first-order valence-electron chi connectivity index (χ1n) is 3.34. The summed E-state index contributed by atoms with van der Waals surface area (Å²) in [5, 5.41) is 8.43. The Morgan fingerprint density at radius 2 is 2.30 bits per heavy atom. The van der Waals surface area contributed by atoms with E-state index in [9.17, 15) is 4.79 Å². The third-order valence-electron chi connectivity index (χ3n) is 1.99. The summed E-state index contributed by atoms with van der Waals surface area (Å²) in [7, 11) is 0. The molecule has 1 fully saturated rings. The minimum Gasteiger partial charge on any atom is -0.465 e. The number of rotatable bonds is 1. The third kappa shape index (κ3) is 1.07. The van der Waals surface area contributed by atoms with Crippen molar-refractivity contribution in [3.63, 3.8) is 0 Å². The van der Waals surface area contributed by atoms with E-state index in [0.29, 0.717) is 13.1 Å². The van der Waals surface area contributed by atoms with Gasteiger partial charge in [0.25, 0.3) is 0 Å². The highest BCUT2D eigenvalue weighted by atomic mass is 16.4. The average molecular weight is 144 g/mol. The van der Waals surface area contributed by atoms with Gasteiger partial charge in [-0.25, -0.2) is 4.79 Å². The first kappa shape index (κ1) is 7.34. The standard InChI is InChI=1S/C6H12N2O2/c1-2-6(7)3-8(4-6)5(9)10/h2-4,7H2,1H3,(H,9,10). The minimum absolute atomic E-state index is 0.238. The molecule has 4 heteroatoms. The summed E-state index contributed by atoms with van der Waals surface area (Å²) in [6, 6.07) is 0. The molecule has 1 saturated heterocycles. The molecule has 0 aliphatic carbocycles. The van der Waals surface area contributed by atoms with Gasteiger partial charge in [-0.05, 0) is 6.42 Å². The lowest BCUT2D eigenvalue weighted by molar-refractivity contribution is 0.0618. The van der Waals surface area contributed by atoms with Gasteiger partial charge < -0.3 is 15.7 Å². The fourth-order valence-corrected chi connectivity index (χ4v) is 1.07. The van der Waals surface area contributed by atoms with Gasteiger partial charge in [-0.15, -0.1) is 0 Å². The van der Waals surface area contributed by atoms with Crippen molar-refractivity contribution in [2.24, 2.45) is 5.73 Å². The Hall–Kier alpha value is -0.770. The Labute approximate surface area is 59.6 Å². The molecule has 0 saturated carbocycles. The van der Waals surface area contributed by atoms with Crippen LogP contribution in [0.3, 0.4) is 0 Å². The number of nitrogens with zero attached hydrogens (tertiary/aromatic N) is 1. The maximum atomic E-state index is 10.3. The summed E-state index contributed by atoms with van der Waals surface area (Å²) in [5.41, 5.74) is 5.49. The van der Waals surface area contributed by atoms with E-state index in [1.54, 1.807) is 0 Å². The molecule has 0 aromatic carbocycles. The predicted octanol–water partition coefficient (Wildman–Crippen LogP) is 0.0875. The second-order valence-electron chi connectivity index (χ2n) is 2.85. The molecule has 10 heavy (non-hydrogen) atoms. The van der Waals surface area contributed by atoms with Gasteiger partial charge >= 0.3 is 6.09 Å². The van der Waals surface area contributed by atoms with E-state index in [1.807, 2.05) is 6.92 Å². The third-order valence-corrected chi connectivity index (χ3v) is 1.99. The van der Waals surface area contributed by atoms with Crippen LogP contribution < -0.4 is 5.73 Å². The highest BCUT2D eigenvalue weighted by Crippen LogP contribution is 2.20. The summed E-state index contributed by atoms with van der Waals surface area (Å²) in [4.78, 5) is 11.6. The molecule has 0 aromatic rings. The van der Waals surface area contributed by atoms with Crippen LogP contribution in [0, 0.1) is 0 Å². The van der Waals surface area contributed by atoms with E-state index in [0.717, 1.165) is 6.42 Å². The highest BCUT2D eigenvalue weighted by Gasteiger charge is 2.40. The molecular weight excluding hydrogens is 132 g/mol. The molecular formula is C6H12N2O2. The van der Waals surface area contributed by atoms with Gasteiger partial charge in [0.1, 0.15) is 0 Å². The van der Waals surface area contributed by atoms with E-state index in [-0.39, 0.29) is 5.54 Å². The van der Waals surface area contributed by atoms with Crippen molar-refractivity contribution in [2.45, 2.75) is 18.9 Å². The topological polar surface area (TPSA) is 66.6 Å². The second-order valence-corrected chi connectivity index (χ2v) is 2.85. The van der Waals surface area contributed by atoms with E-state index in [1.165, 1.54) is 4.90 Å². The fraction of sp³-hybridized carbons (Fsp3) is 0.833. The van der Waals surface area contributed by atoms with E-state index < -0.39 is 6.09 Å². The molecule has 1 aliphatic rings. The summed E-state index contributed by atoms with van der Waals surface area (Å²) >= 11 is 0. The molecule has 3 N–H and O–H groups in total. The van der Waals surface area contributed by atoms with Gasteiger partial charge in [-0.3, -0.25) is 0 Å². The molecule has 1 amide bonds. The Balaban J connectivity index is 2.36. The summed E-state index contributed by atoms with van der Waals surface area (Å²) in [6.45, 7) is 2.94. The van der Waals surface area contributed by atoms with Crippen molar-refractivity contribution in [1.82, 2.24) is 4.90 Å². The first-order valence-corrected chi connectivity index (χ1v) is 3.34. The van der Waals surface area contributed by atoms with E-state index in [2.05, 4.69) is 0 Å². The van der Waals surface area contributed by atoms with Crippen LogP contribution in [0.1, 0.15) is 13.3 Å². The van der Waals surface area contributed by atoms with Crippen molar-refractivity contribution >= 4 is 6.09 Å². The van der Waals surface area contributed by atoms with Crippen molar-refractivity contribution in [1.29, 1.82) is 0 Å². The van der Waals surface area contributed by atoms with Crippen LogP contribution >= 0.6 is 0 Å². The van der Waals surface area contributed by atoms with Crippen LogP contribution in [0.4, 0.5) is 4.79 Å². The van der Waals surface area contributed by atoms with Gasteiger partial charge in [0.2, 0.25) is 0 Å². The van der Waals surface area contributed by atoms with Gasteiger partial charge in [0.05, 0.1) is 5.54 Å². The summed E-state index contributed by atoms with van der Waals surface area (Å²) < 4.78 is 0. The molecule has 0 aromatic heterocycles. The molecule has 4 nitrogen and oxygen atoms in total. The van der Waals surface area contributed by atoms with Gasteiger partial charge in [0.15, 0.2) is 0 Å². The van der Waals surface area contributed by atoms with Crippen LogP contribution in [-0.2, 0) is 0 Å². The van der Waals surface area contributed by atoms with Crippen molar-refractivity contribution < 1.29 is 9.90 Å². The van der Waals surface area contributed by atoms with Gasteiger partial charge in [-0.2, -0.15) is 0 Å². The van der Waals surface area contributed by atoms with Crippen molar-refractivity contribution in [3.05, 3.63) is 0 Å². The lowest BCUT2D eigenvalue weighted by Gasteiger charge is -2.45. The van der Waals surface area contributed by atoms with E-state index >= 15 is 0 Å². The lowest BCUT2D eigenvalue weighted by Crippen LogP contribution is -2.68. The second kappa shape index (κ2) is 2.12. The molecule has 0 atom stereocenters. The zero-order valence-electron chi connectivity index (χ0n) is 6.00. The molecule has 0 spiro atoms. The smallest absolute Gasteiger partial charge is 0.407 e. The largest absolute Gasteiger partial charge is 0.465 e. The Kier molecular flexibility index (Phi) is 1.56. The number of nitrogens with two attached hydrogens (primary N) is 1. The van der Waals surface area contributed by atoms with Crippen molar-refractivity contribution in [3.8, 4) is 0 Å². The Morgan fingerprint density at radius 1 is 1.80 bits per heavy atom. The quantitative estimate of drug-likeness (QED) is 0.548. The normalized spacial score (nSPS) is 22.0. The summed E-state index contributed by atoms with van der Waals surface area (Å²) in [5.74, 6) is 0. The number of hydrogen-bond acceptors (Lipinski definition) is 2. The number of likely N-dealkylation sites (tertiary alicyclic amines) is 1. The lowest BCUT2D eigenvalue weighted by atomic mass is 9.89. The maximum Gasteiger partial charge on any atom is 0.407 e. The fourth-order valence-electron chi connectivity index (χ4n) is 1.07. The molecule has 0 bridgehead atoms. The number of hydrogen-bond donors (Lipinski definition) is 2. The van der Waals surface area contributed by atoms with E-state index in [4.69, 9.17) is 10.8 Å². The van der Waals surface area contributed by atoms with Gasteiger partial charge in [0, 0.05) is 13.1 Å². The van der Waals surface area contributed by atoms with Crippen LogP contribution in [0.15, 0.2) is 0 Å². The maximum absolute atomic E-state index is 10.3. The molecule has 0 unspecified atom stereocenters.